The van der Waals surface area contributed by atoms with Gasteiger partial charge in [-0.25, -0.2) is 4.98 Å². The topological polar surface area (TPSA) is 34.9 Å². The second-order valence-corrected chi connectivity index (χ2v) is 8.26. The second-order valence-electron chi connectivity index (χ2n) is 7.01. The number of fused-ring (bicyclic) bond motifs is 2. The average Bonchev–Trinajstić information content (AvgIpc) is 2.79. The number of hydrogen-bond donors (Lipinski definition) is 0. The molecule has 0 N–H and O–H groups in total. The van der Waals surface area contributed by atoms with E-state index in [1.54, 1.807) is 4.57 Å². The van der Waals surface area contributed by atoms with Gasteiger partial charge in [-0.2, -0.15) is 0 Å². The van der Waals surface area contributed by atoms with Gasteiger partial charge < -0.3 is 0 Å². The summed E-state index contributed by atoms with van der Waals surface area (Å²) in [5.74, 6) is 0.605. The van der Waals surface area contributed by atoms with E-state index in [9.17, 15) is 4.79 Å². The van der Waals surface area contributed by atoms with E-state index in [2.05, 4.69) is 34.7 Å². The number of aromatic nitrogens is 2. The minimum absolute atomic E-state index is 0.0671. The predicted molar refractivity (Wildman–Crippen MR) is 133 cm³/mol. The van der Waals surface area contributed by atoms with Crippen molar-refractivity contribution in [2.24, 2.45) is 0 Å². The first kappa shape index (κ1) is 18.8. The zero-order chi connectivity index (χ0) is 20.5. The SMILES string of the molecule is O=c1c2cc(I)ccc2nc(C=Cc2ccccc2)n1-c1cccc2ccccc12. The largest absolute Gasteiger partial charge is 0.268 e. The Balaban J connectivity index is 1.83. The van der Waals surface area contributed by atoms with Crippen molar-refractivity contribution in [1.29, 1.82) is 0 Å². The fraction of sp³-hybridized carbons (Fsp3) is 0. The fourth-order valence-electron chi connectivity index (χ4n) is 3.66. The highest BCUT2D eigenvalue weighted by Crippen LogP contribution is 2.24. The molecule has 0 fully saturated rings. The minimum Gasteiger partial charge on any atom is -0.268 e. The second kappa shape index (κ2) is 7.88. The van der Waals surface area contributed by atoms with Gasteiger partial charge in [-0.15, -0.1) is 0 Å². The highest BCUT2D eigenvalue weighted by molar-refractivity contribution is 14.1. The molecule has 30 heavy (non-hydrogen) atoms. The quantitative estimate of drug-likeness (QED) is 0.272. The molecule has 0 bridgehead atoms. The number of benzene rings is 4. The highest BCUT2D eigenvalue weighted by Gasteiger charge is 2.13. The Bertz CT molecular complexity index is 1460. The summed E-state index contributed by atoms with van der Waals surface area (Å²) in [5, 5.41) is 2.72. The van der Waals surface area contributed by atoms with Gasteiger partial charge in [-0.3, -0.25) is 9.36 Å². The molecule has 3 nitrogen and oxygen atoms in total. The summed E-state index contributed by atoms with van der Waals surface area (Å²) in [4.78, 5) is 18.5. The van der Waals surface area contributed by atoms with Crippen molar-refractivity contribution in [3.05, 3.63) is 116 Å². The van der Waals surface area contributed by atoms with Crippen LogP contribution < -0.4 is 5.56 Å². The van der Waals surface area contributed by atoms with Crippen molar-refractivity contribution < 1.29 is 0 Å². The van der Waals surface area contributed by atoms with Crippen LogP contribution in [0.1, 0.15) is 11.4 Å². The lowest BCUT2D eigenvalue weighted by Crippen LogP contribution is -2.22. The van der Waals surface area contributed by atoms with Gasteiger partial charge in [0.2, 0.25) is 0 Å². The number of nitrogens with zero attached hydrogens (tertiary/aromatic N) is 2. The van der Waals surface area contributed by atoms with Crippen molar-refractivity contribution in [2.75, 3.05) is 0 Å². The molecule has 0 aliphatic rings. The molecule has 144 valence electrons. The monoisotopic (exact) mass is 500 g/mol. The van der Waals surface area contributed by atoms with Crippen LogP contribution in [0.15, 0.2) is 95.8 Å². The lowest BCUT2D eigenvalue weighted by molar-refractivity contribution is 0.951. The molecule has 0 unspecified atom stereocenters. The van der Waals surface area contributed by atoms with Crippen LogP contribution in [0.25, 0.3) is 39.5 Å². The first-order valence-corrected chi connectivity index (χ1v) is 10.7. The lowest BCUT2D eigenvalue weighted by atomic mass is 10.1. The summed E-state index contributed by atoms with van der Waals surface area (Å²) in [6.07, 6.45) is 3.90. The zero-order valence-corrected chi connectivity index (χ0v) is 18.2. The first-order chi connectivity index (χ1) is 14.7. The minimum atomic E-state index is -0.0671. The number of hydrogen-bond acceptors (Lipinski definition) is 2. The van der Waals surface area contributed by atoms with E-state index in [0.29, 0.717) is 16.7 Å². The van der Waals surface area contributed by atoms with E-state index in [-0.39, 0.29) is 5.56 Å². The maximum absolute atomic E-state index is 13.6. The molecular weight excluding hydrogens is 483 g/mol. The molecular formula is C26H17IN2O. The molecule has 0 saturated heterocycles. The van der Waals surface area contributed by atoms with E-state index >= 15 is 0 Å². The van der Waals surface area contributed by atoms with Crippen LogP contribution in [0, 0.1) is 3.57 Å². The Morgan fingerprint density at radius 2 is 1.53 bits per heavy atom. The molecule has 0 atom stereocenters. The van der Waals surface area contributed by atoms with E-state index in [4.69, 9.17) is 4.98 Å². The normalized spacial score (nSPS) is 11.5. The highest BCUT2D eigenvalue weighted by atomic mass is 127. The van der Waals surface area contributed by atoms with Crippen LogP contribution in [0.4, 0.5) is 0 Å². The standard InChI is InChI=1S/C26H17IN2O/c27-20-14-15-23-22(17-20)26(30)29(24-12-6-10-19-9-4-5-11-21(19)24)25(28-23)16-13-18-7-2-1-3-8-18/h1-17H. The van der Waals surface area contributed by atoms with Crippen LogP contribution in [0.3, 0.4) is 0 Å². The third-order valence-corrected chi connectivity index (χ3v) is 5.76. The van der Waals surface area contributed by atoms with Gasteiger partial charge in [0.1, 0.15) is 5.82 Å². The van der Waals surface area contributed by atoms with Gasteiger partial charge in [-0.1, -0.05) is 72.8 Å². The summed E-state index contributed by atoms with van der Waals surface area (Å²) in [6, 6.07) is 29.9. The third-order valence-electron chi connectivity index (χ3n) is 5.09. The molecule has 0 amide bonds. The van der Waals surface area contributed by atoms with Crippen molar-refractivity contribution in [3.8, 4) is 5.69 Å². The van der Waals surface area contributed by atoms with Crippen LogP contribution in [-0.2, 0) is 0 Å². The lowest BCUT2D eigenvalue weighted by Gasteiger charge is -2.14. The summed E-state index contributed by atoms with van der Waals surface area (Å²) in [7, 11) is 0. The predicted octanol–water partition coefficient (Wildman–Crippen LogP) is 6.31. The van der Waals surface area contributed by atoms with Gasteiger partial charge in [0, 0.05) is 8.96 Å². The molecule has 0 spiro atoms. The summed E-state index contributed by atoms with van der Waals surface area (Å²) in [5.41, 5.74) is 2.52. The van der Waals surface area contributed by atoms with E-state index in [1.807, 2.05) is 91.0 Å². The molecule has 1 heterocycles. The van der Waals surface area contributed by atoms with Gasteiger partial charge in [-0.05, 0) is 63.9 Å². The van der Waals surface area contributed by atoms with E-state index in [0.717, 1.165) is 25.6 Å². The Morgan fingerprint density at radius 1 is 0.767 bits per heavy atom. The van der Waals surface area contributed by atoms with Gasteiger partial charge >= 0.3 is 0 Å². The van der Waals surface area contributed by atoms with E-state index in [1.165, 1.54) is 0 Å². The smallest absolute Gasteiger partial charge is 0.266 e. The summed E-state index contributed by atoms with van der Waals surface area (Å²) >= 11 is 2.23. The number of rotatable bonds is 3. The molecule has 5 aromatic rings. The summed E-state index contributed by atoms with van der Waals surface area (Å²) in [6.45, 7) is 0. The van der Waals surface area contributed by atoms with Crippen LogP contribution >= 0.6 is 22.6 Å². The molecule has 1 aromatic heterocycles. The third kappa shape index (κ3) is 3.44. The molecule has 5 rings (SSSR count). The van der Waals surface area contributed by atoms with Gasteiger partial charge in [0.25, 0.3) is 5.56 Å². The Labute approximate surface area is 187 Å². The molecule has 0 saturated carbocycles. The Kier molecular flexibility index (Phi) is 4.93. The molecule has 4 heteroatoms. The molecule has 0 aliphatic carbocycles. The first-order valence-electron chi connectivity index (χ1n) is 9.64. The molecule has 4 aromatic carbocycles. The number of halogens is 1. The van der Waals surface area contributed by atoms with Crippen molar-refractivity contribution in [2.45, 2.75) is 0 Å². The fourth-order valence-corrected chi connectivity index (χ4v) is 4.15. The molecule has 0 radical (unpaired) electrons. The van der Waals surface area contributed by atoms with Gasteiger partial charge in [0.15, 0.2) is 0 Å². The Hall–Kier alpha value is -3.25. The summed E-state index contributed by atoms with van der Waals surface area (Å²) < 4.78 is 2.73. The van der Waals surface area contributed by atoms with E-state index < -0.39 is 0 Å². The zero-order valence-electron chi connectivity index (χ0n) is 16.0. The van der Waals surface area contributed by atoms with Crippen LogP contribution in [-0.4, -0.2) is 9.55 Å². The maximum Gasteiger partial charge on any atom is 0.266 e. The molecule has 0 aliphatic heterocycles. The van der Waals surface area contributed by atoms with Crippen molar-refractivity contribution >= 4 is 56.4 Å². The van der Waals surface area contributed by atoms with Crippen molar-refractivity contribution in [1.82, 2.24) is 9.55 Å². The van der Waals surface area contributed by atoms with Gasteiger partial charge in [0.05, 0.1) is 16.6 Å². The van der Waals surface area contributed by atoms with Crippen LogP contribution in [0.5, 0.6) is 0 Å². The average molecular weight is 500 g/mol. The Morgan fingerprint density at radius 3 is 2.40 bits per heavy atom. The van der Waals surface area contributed by atoms with Crippen molar-refractivity contribution in [3.63, 3.8) is 0 Å². The van der Waals surface area contributed by atoms with Crippen LogP contribution in [0.2, 0.25) is 0 Å². The maximum atomic E-state index is 13.6.